The summed E-state index contributed by atoms with van der Waals surface area (Å²) in [5.41, 5.74) is 3.67. The first kappa shape index (κ1) is 19.1. The van der Waals surface area contributed by atoms with Crippen molar-refractivity contribution in [2.75, 3.05) is 10.6 Å². The maximum Gasteiger partial charge on any atom is 0.387 e. The summed E-state index contributed by atoms with van der Waals surface area (Å²) < 4.78 is 28.9. The van der Waals surface area contributed by atoms with Crippen LogP contribution in [0, 0.1) is 6.92 Å². The molecule has 0 bridgehead atoms. The van der Waals surface area contributed by atoms with Crippen molar-refractivity contribution in [3.63, 3.8) is 0 Å². The highest BCUT2D eigenvalue weighted by Gasteiger charge is 2.08. The Hall–Kier alpha value is -2.21. The molecule has 1 unspecified atom stereocenters. The third-order valence-electron chi connectivity index (χ3n) is 4.02. The first-order chi connectivity index (χ1) is 11.9. The standard InChI is InChI=1S/C19H22F2N2OS/c1-4-12(2)14-5-7-15(8-6-14)22-19(25)23-17-10-9-16(11-13(17)3)24-18(20)21/h5-12,18H,4H2,1-3H3,(H2,22,23,25). The van der Waals surface area contributed by atoms with E-state index >= 15 is 0 Å². The molecular formula is C19H22F2N2OS. The Morgan fingerprint density at radius 3 is 2.36 bits per heavy atom. The maximum absolute atomic E-state index is 12.2. The zero-order valence-corrected chi connectivity index (χ0v) is 15.3. The fourth-order valence-electron chi connectivity index (χ4n) is 2.37. The second-order valence-corrected chi connectivity index (χ2v) is 6.27. The van der Waals surface area contributed by atoms with Gasteiger partial charge in [-0.05, 0) is 72.9 Å². The Labute approximate surface area is 152 Å². The molecule has 0 spiro atoms. The number of nitrogens with one attached hydrogen (secondary N) is 2. The van der Waals surface area contributed by atoms with Crippen molar-refractivity contribution in [3.8, 4) is 5.75 Å². The molecule has 2 aromatic carbocycles. The van der Waals surface area contributed by atoms with E-state index in [9.17, 15) is 8.78 Å². The second kappa shape index (κ2) is 8.76. The number of ether oxygens (including phenoxy) is 1. The van der Waals surface area contributed by atoms with Crippen molar-refractivity contribution in [3.05, 3.63) is 53.6 Å². The topological polar surface area (TPSA) is 33.3 Å². The molecule has 0 radical (unpaired) electrons. The predicted molar refractivity (Wildman–Crippen MR) is 103 cm³/mol. The lowest BCUT2D eigenvalue weighted by Gasteiger charge is -2.15. The maximum atomic E-state index is 12.2. The molecule has 0 aromatic heterocycles. The van der Waals surface area contributed by atoms with Crippen molar-refractivity contribution < 1.29 is 13.5 Å². The van der Waals surface area contributed by atoms with Crippen molar-refractivity contribution in [2.45, 2.75) is 39.7 Å². The summed E-state index contributed by atoms with van der Waals surface area (Å²) in [6, 6.07) is 12.8. The van der Waals surface area contributed by atoms with E-state index in [-0.39, 0.29) is 5.75 Å². The highest BCUT2D eigenvalue weighted by Crippen LogP contribution is 2.24. The molecule has 2 rings (SSSR count). The minimum Gasteiger partial charge on any atom is -0.435 e. The summed E-state index contributed by atoms with van der Waals surface area (Å²) in [5, 5.41) is 6.62. The van der Waals surface area contributed by atoms with Gasteiger partial charge < -0.3 is 15.4 Å². The van der Waals surface area contributed by atoms with Crippen LogP contribution in [-0.2, 0) is 0 Å². The zero-order chi connectivity index (χ0) is 18.4. The van der Waals surface area contributed by atoms with Gasteiger partial charge in [-0.3, -0.25) is 0 Å². The first-order valence-corrected chi connectivity index (χ1v) is 8.53. The molecule has 6 heteroatoms. The van der Waals surface area contributed by atoms with Crippen molar-refractivity contribution in [2.24, 2.45) is 0 Å². The predicted octanol–water partition coefficient (Wildman–Crippen LogP) is 5.92. The normalized spacial score (nSPS) is 11.9. The van der Waals surface area contributed by atoms with Gasteiger partial charge >= 0.3 is 6.61 Å². The van der Waals surface area contributed by atoms with Crippen LogP contribution in [0.3, 0.4) is 0 Å². The van der Waals surface area contributed by atoms with Crippen LogP contribution >= 0.6 is 12.2 Å². The zero-order valence-electron chi connectivity index (χ0n) is 14.5. The summed E-state index contributed by atoms with van der Waals surface area (Å²) in [6.45, 7) is 3.32. The van der Waals surface area contributed by atoms with Gasteiger partial charge in [-0.15, -0.1) is 0 Å². The Balaban J connectivity index is 1.98. The van der Waals surface area contributed by atoms with E-state index in [2.05, 4.69) is 41.4 Å². The van der Waals surface area contributed by atoms with Crippen molar-refractivity contribution in [1.82, 2.24) is 0 Å². The first-order valence-electron chi connectivity index (χ1n) is 8.12. The summed E-state index contributed by atoms with van der Waals surface area (Å²) in [6.07, 6.45) is 1.09. The number of hydrogen-bond donors (Lipinski definition) is 2. The molecule has 2 aromatic rings. The van der Waals surface area contributed by atoms with Crippen LogP contribution in [0.15, 0.2) is 42.5 Å². The Morgan fingerprint density at radius 2 is 1.80 bits per heavy atom. The summed E-state index contributed by atoms with van der Waals surface area (Å²) in [5.74, 6) is 0.647. The molecule has 0 saturated heterocycles. The lowest BCUT2D eigenvalue weighted by atomic mass is 9.99. The number of rotatable bonds is 6. The molecule has 3 nitrogen and oxygen atoms in total. The number of alkyl halides is 2. The largest absolute Gasteiger partial charge is 0.435 e. The lowest BCUT2D eigenvalue weighted by molar-refractivity contribution is -0.0498. The third kappa shape index (κ3) is 5.67. The molecule has 0 amide bonds. The van der Waals surface area contributed by atoms with Crippen LogP contribution in [0.25, 0.3) is 0 Å². The fraction of sp³-hybridized carbons (Fsp3) is 0.316. The van der Waals surface area contributed by atoms with Crippen molar-refractivity contribution >= 4 is 28.7 Å². The van der Waals surface area contributed by atoms with Crippen LogP contribution in [-0.4, -0.2) is 11.7 Å². The van der Waals surface area contributed by atoms with Gasteiger partial charge in [0.2, 0.25) is 0 Å². The van der Waals surface area contributed by atoms with E-state index in [0.717, 1.165) is 23.4 Å². The van der Waals surface area contributed by atoms with E-state index in [1.165, 1.54) is 17.7 Å². The van der Waals surface area contributed by atoms with Crippen LogP contribution < -0.4 is 15.4 Å². The highest BCUT2D eigenvalue weighted by molar-refractivity contribution is 7.80. The van der Waals surface area contributed by atoms with Crippen LogP contribution in [0.2, 0.25) is 0 Å². The molecule has 134 valence electrons. The molecule has 0 heterocycles. The number of halogens is 2. The minimum absolute atomic E-state index is 0.123. The van der Waals surface area contributed by atoms with Gasteiger partial charge in [0.25, 0.3) is 0 Å². The van der Waals surface area contributed by atoms with Crippen LogP contribution in [0.4, 0.5) is 20.2 Å². The smallest absolute Gasteiger partial charge is 0.387 e. The average Bonchev–Trinajstić information content (AvgIpc) is 2.57. The average molecular weight is 364 g/mol. The van der Waals surface area contributed by atoms with Gasteiger partial charge in [0.05, 0.1) is 0 Å². The third-order valence-corrected chi connectivity index (χ3v) is 4.23. The van der Waals surface area contributed by atoms with Gasteiger partial charge in [0.1, 0.15) is 5.75 Å². The molecular weight excluding hydrogens is 342 g/mol. The van der Waals surface area contributed by atoms with Gasteiger partial charge in [0, 0.05) is 11.4 Å². The van der Waals surface area contributed by atoms with E-state index in [1.54, 1.807) is 13.0 Å². The summed E-state index contributed by atoms with van der Waals surface area (Å²) in [4.78, 5) is 0. The molecule has 0 aliphatic carbocycles. The molecule has 25 heavy (non-hydrogen) atoms. The number of benzene rings is 2. The van der Waals surface area contributed by atoms with Crippen LogP contribution in [0.1, 0.15) is 37.3 Å². The lowest BCUT2D eigenvalue weighted by Crippen LogP contribution is -2.19. The van der Waals surface area contributed by atoms with Gasteiger partial charge in [0.15, 0.2) is 5.11 Å². The minimum atomic E-state index is -2.83. The SMILES string of the molecule is CCC(C)c1ccc(NC(=S)Nc2ccc(OC(F)F)cc2C)cc1. The Kier molecular flexibility index (Phi) is 6.70. The highest BCUT2D eigenvalue weighted by atomic mass is 32.1. The van der Waals surface area contributed by atoms with Crippen molar-refractivity contribution in [1.29, 1.82) is 0 Å². The van der Waals surface area contributed by atoms with Gasteiger partial charge in [-0.25, -0.2) is 0 Å². The molecule has 0 aliphatic heterocycles. The number of hydrogen-bond acceptors (Lipinski definition) is 2. The Morgan fingerprint density at radius 1 is 1.12 bits per heavy atom. The summed E-state index contributed by atoms with van der Waals surface area (Å²) in [7, 11) is 0. The second-order valence-electron chi connectivity index (χ2n) is 5.87. The molecule has 0 saturated carbocycles. The van der Waals surface area contributed by atoms with Crippen LogP contribution in [0.5, 0.6) is 5.75 Å². The molecule has 1 atom stereocenters. The molecule has 0 fully saturated rings. The molecule has 2 N–H and O–H groups in total. The quantitative estimate of drug-likeness (QED) is 0.624. The fourth-order valence-corrected chi connectivity index (χ4v) is 2.60. The molecule has 0 aliphatic rings. The van der Waals surface area contributed by atoms with E-state index in [4.69, 9.17) is 12.2 Å². The summed E-state index contributed by atoms with van der Waals surface area (Å²) >= 11 is 5.31. The van der Waals surface area contributed by atoms with Gasteiger partial charge in [-0.1, -0.05) is 26.0 Å². The van der Waals surface area contributed by atoms with Gasteiger partial charge in [-0.2, -0.15) is 8.78 Å². The number of thiocarbonyl (C=S) groups is 1. The van der Waals surface area contributed by atoms with E-state index in [0.29, 0.717) is 11.0 Å². The number of anilines is 2. The van der Waals surface area contributed by atoms with E-state index in [1.807, 2.05) is 12.1 Å². The van der Waals surface area contributed by atoms with E-state index < -0.39 is 6.61 Å². The number of aryl methyl sites for hydroxylation is 1. The monoisotopic (exact) mass is 364 g/mol. The Bertz CT molecular complexity index is 720.